The molecule has 0 aromatic heterocycles. The van der Waals surface area contributed by atoms with E-state index < -0.39 is 0 Å². The van der Waals surface area contributed by atoms with Crippen LogP contribution in [0.3, 0.4) is 0 Å². The molecule has 0 radical (unpaired) electrons. The van der Waals surface area contributed by atoms with Gasteiger partial charge in [0.25, 0.3) is 0 Å². The van der Waals surface area contributed by atoms with Gasteiger partial charge in [0.05, 0.1) is 22.7 Å². The Labute approximate surface area is 102 Å². The van der Waals surface area contributed by atoms with Crippen molar-refractivity contribution in [2.24, 2.45) is 0 Å². The van der Waals surface area contributed by atoms with E-state index in [1.807, 2.05) is 6.07 Å². The van der Waals surface area contributed by atoms with Crippen molar-refractivity contribution in [2.45, 2.75) is 31.6 Å². The van der Waals surface area contributed by atoms with Gasteiger partial charge in [-0.05, 0) is 46.1 Å². The summed E-state index contributed by atoms with van der Waals surface area (Å²) in [7, 11) is 0. The Morgan fingerprint density at radius 3 is 3.12 bits per heavy atom. The molecule has 1 saturated heterocycles. The first-order valence-corrected chi connectivity index (χ1v) is 6.31. The topological polar surface area (TPSA) is 21.3 Å². The van der Waals surface area contributed by atoms with Crippen LogP contribution in [0.5, 0.6) is 0 Å². The van der Waals surface area contributed by atoms with Gasteiger partial charge in [0, 0.05) is 13.0 Å². The lowest BCUT2D eigenvalue weighted by molar-refractivity contribution is -0.0469. The molecule has 1 aliphatic carbocycles. The van der Waals surface area contributed by atoms with Crippen molar-refractivity contribution >= 4 is 15.9 Å². The third-order valence-corrected chi connectivity index (χ3v) is 3.95. The molecule has 1 aromatic rings. The first-order valence-electron chi connectivity index (χ1n) is 5.52. The molecule has 1 unspecified atom stereocenters. The van der Waals surface area contributed by atoms with Crippen LogP contribution in [-0.2, 0) is 11.2 Å². The molecule has 3 atom stereocenters. The van der Waals surface area contributed by atoms with Crippen molar-refractivity contribution in [3.05, 3.63) is 33.5 Å². The molecule has 1 aromatic carbocycles. The van der Waals surface area contributed by atoms with Crippen molar-refractivity contribution in [1.82, 2.24) is 5.32 Å². The molecule has 0 bridgehead atoms. The minimum Gasteiger partial charge on any atom is -0.372 e. The molecule has 1 heterocycles. The zero-order chi connectivity index (χ0) is 11.3. The quantitative estimate of drug-likeness (QED) is 0.791. The van der Waals surface area contributed by atoms with Gasteiger partial charge in [-0.15, -0.1) is 0 Å². The average molecular weight is 286 g/mol. The van der Waals surface area contributed by atoms with Gasteiger partial charge in [-0.25, -0.2) is 4.39 Å². The van der Waals surface area contributed by atoms with Gasteiger partial charge < -0.3 is 10.1 Å². The van der Waals surface area contributed by atoms with Gasteiger partial charge in [-0.1, -0.05) is 0 Å². The summed E-state index contributed by atoms with van der Waals surface area (Å²) in [4.78, 5) is 0. The van der Waals surface area contributed by atoms with Crippen LogP contribution in [0.25, 0.3) is 0 Å². The van der Waals surface area contributed by atoms with Crippen LogP contribution in [0.15, 0.2) is 16.6 Å². The van der Waals surface area contributed by atoms with E-state index in [2.05, 4.69) is 28.2 Å². The third-order valence-electron chi connectivity index (χ3n) is 3.34. The lowest BCUT2D eigenvalue weighted by atomic mass is 10.1. The van der Waals surface area contributed by atoms with Crippen LogP contribution in [0, 0.1) is 5.82 Å². The van der Waals surface area contributed by atoms with E-state index in [4.69, 9.17) is 4.74 Å². The Balaban J connectivity index is 1.99. The average Bonchev–Trinajstić information content (AvgIpc) is 2.55. The highest BCUT2D eigenvalue weighted by Crippen LogP contribution is 2.38. The summed E-state index contributed by atoms with van der Waals surface area (Å²) in [6.07, 6.45) is 1.27. The summed E-state index contributed by atoms with van der Waals surface area (Å²) in [5, 5.41) is 3.43. The number of hydrogen-bond acceptors (Lipinski definition) is 2. The maximum atomic E-state index is 13.5. The first-order chi connectivity index (χ1) is 7.65. The highest BCUT2D eigenvalue weighted by molar-refractivity contribution is 9.10. The van der Waals surface area contributed by atoms with Gasteiger partial charge in [0.1, 0.15) is 5.82 Å². The summed E-state index contributed by atoms with van der Waals surface area (Å²) in [5.74, 6) is -0.195. The fourth-order valence-corrected chi connectivity index (χ4v) is 3.00. The number of benzene rings is 1. The SMILES string of the molecule is CC1CN[C@H]2c3cc(F)c(Br)cc3C[C@H]2O1. The minimum atomic E-state index is -0.195. The van der Waals surface area contributed by atoms with E-state index in [1.54, 1.807) is 6.07 Å². The molecule has 2 aliphatic rings. The summed E-state index contributed by atoms with van der Waals surface area (Å²) in [6.45, 7) is 2.89. The molecule has 0 spiro atoms. The predicted octanol–water partition coefficient (Wildman–Crippen LogP) is 2.56. The molecule has 86 valence electrons. The Bertz CT molecular complexity index is 437. The molecule has 1 aliphatic heterocycles. The van der Waals surface area contributed by atoms with Crippen molar-refractivity contribution in [3.8, 4) is 0 Å². The number of halogens is 2. The third kappa shape index (κ3) is 1.60. The molecular formula is C12H13BrFNO. The second-order valence-corrected chi connectivity index (χ2v) is 5.39. The number of nitrogens with one attached hydrogen (secondary N) is 1. The largest absolute Gasteiger partial charge is 0.372 e. The monoisotopic (exact) mass is 285 g/mol. The smallest absolute Gasteiger partial charge is 0.137 e. The molecule has 4 heteroatoms. The number of ether oxygens (including phenoxy) is 1. The number of morpholine rings is 1. The summed E-state index contributed by atoms with van der Waals surface area (Å²) in [5.41, 5.74) is 2.24. The second kappa shape index (κ2) is 3.79. The number of rotatable bonds is 0. The zero-order valence-corrected chi connectivity index (χ0v) is 10.6. The zero-order valence-electron chi connectivity index (χ0n) is 8.97. The van der Waals surface area contributed by atoms with Crippen LogP contribution in [0.1, 0.15) is 24.1 Å². The number of hydrogen-bond donors (Lipinski definition) is 1. The fraction of sp³-hybridized carbons (Fsp3) is 0.500. The maximum Gasteiger partial charge on any atom is 0.137 e. The number of fused-ring (bicyclic) bond motifs is 3. The predicted molar refractivity (Wildman–Crippen MR) is 62.9 cm³/mol. The van der Waals surface area contributed by atoms with E-state index in [-0.39, 0.29) is 24.1 Å². The van der Waals surface area contributed by atoms with Gasteiger partial charge >= 0.3 is 0 Å². The maximum absolute atomic E-state index is 13.5. The van der Waals surface area contributed by atoms with E-state index in [0.29, 0.717) is 4.47 Å². The standard InChI is InChI=1S/C12H13BrFNO/c1-6-5-15-12-8-4-10(14)9(13)2-7(8)3-11(12)16-6/h2,4,6,11-12,15H,3,5H2,1H3/t6?,11-,12+/m1/s1. The highest BCUT2D eigenvalue weighted by Gasteiger charge is 2.37. The summed E-state index contributed by atoms with van der Waals surface area (Å²) >= 11 is 3.22. The Hall–Kier alpha value is -0.450. The normalized spacial score (nSPS) is 32.3. The minimum absolute atomic E-state index is 0.160. The molecule has 2 nitrogen and oxygen atoms in total. The Morgan fingerprint density at radius 2 is 2.31 bits per heavy atom. The summed E-state index contributed by atoms with van der Waals surface area (Å²) < 4.78 is 19.9. The first kappa shape index (κ1) is 10.7. The molecular weight excluding hydrogens is 273 g/mol. The Kier molecular flexibility index (Phi) is 2.53. The molecule has 0 saturated carbocycles. The second-order valence-electron chi connectivity index (χ2n) is 4.54. The van der Waals surface area contributed by atoms with E-state index in [0.717, 1.165) is 18.5 Å². The fourth-order valence-electron chi connectivity index (χ4n) is 2.61. The van der Waals surface area contributed by atoms with Crippen LogP contribution >= 0.6 is 15.9 Å². The lowest BCUT2D eigenvalue weighted by Crippen LogP contribution is -2.44. The summed E-state index contributed by atoms with van der Waals surface area (Å²) in [6, 6.07) is 3.66. The van der Waals surface area contributed by atoms with Crippen LogP contribution in [0.4, 0.5) is 4.39 Å². The lowest BCUT2D eigenvalue weighted by Gasteiger charge is -2.32. The van der Waals surface area contributed by atoms with Gasteiger partial charge in [-0.2, -0.15) is 0 Å². The van der Waals surface area contributed by atoms with Crippen molar-refractivity contribution < 1.29 is 9.13 Å². The van der Waals surface area contributed by atoms with Crippen LogP contribution in [0.2, 0.25) is 0 Å². The van der Waals surface area contributed by atoms with Gasteiger partial charge in [0.2, 0.25) is 0 Å². The van der Waals surface area contributed by atoms with Crippen LogP contribution < -0.4 is 5.32 Å². The van der Waals surface area contributed by atoms with Gasteiger partial charge in [-0.3, -0.25) is 0 Å². The molecule has 3 rings (SSSR count). The molecule has 16 heavy (non-hydrogen) atoms. The van der Waals surface area contributed by atoms with E-state index >= 15 is 0 Å². The van der Waals surface area contributed by atoms with Gasteiger partial charge in [0.15, 0.2) is 0 Å². The molecule has 1 fully saturated rings. The van der Waals surface area contributed by atoms with E-state index in [1.165, 1.54) is 5.56 Å². The van der Waals surface area contributed by atoms with Crippen LogP contribution in [-0.4, -0.2) is 18.8 Å². The van der Waals surface area contributed by atoms with Crippen molar-refractivity contribution in [2.75, 3.05) is 6.54 Å². The molecule has 1 N–H and O–H groups in total. The van der Waals surface area contributed by atoms with Crippen molar-refractivity contribution in [3.63, 3.8) is 0 Å². The molecule has 0 amide bonds. The van der Waals surface area contributed by atoms with E-state index in [9.17, 15) is 4.39 Å². The highest BCUT2D eigenvalue weighted by atomic mass is 79.9. The Morgan fingerprint density at radius 1 is 1.50 bits per heavy atom. The van der Waals surface area contributed by atoms with Crippen molar-refractivity contribution in [1.29, 1.82) is 0 Å².